The standard InChI is InChI=1S/C15H18FN3O2/c1-2-12(20)7-8-17-15(21)13-9-18-19-14(13)10-3-5-11(16)6-4-10/h3-6,9,12,20H,2,7-8H2,1H3,(H,17,21)(H,18,19). The molecule has 2 aromatic rings. The zero-order chi connectivity index (χ0) is 15.2. The lowest BCUT2D eigenvalue weighted by molar-refractivity contribution is 0.0942. The first-order chi connectivity index (χ1) is 10.1. The molecule has 0 radical (unpaired) electrons. The van der Waals surface area contributed by atoms with Gasteiger partial charge in [0.05, 0.1) is 23.6 Å². The molecule has 2 rings (SSSR count). The van der Waals surface area contributed by atoms with Crippen LogP contribution in [0.5, 0.6) is 0 Å². The number of rotatable bonds is 6. The van der Waals surface area contributed by atoms with Gasteiger partial charge in [0.15, 0.2) is 0 Å². The number of aliphatic hydroxyl groups excluding tert-OH is 1. The van der Waals surface area contributed by atoms with E-state index < -0.39 is 6.10 Å². The van der Waals surface area contributed by atoms with Crippen molar-refractivity contribution in [1.29, 1.82) is 0 Å². The minimum atomic E-state index is -0.411. The quantitative estimate of drug-likeness (QED) is 0.762. The van der Waals surface area contributed by atoms with Crippen molar-refractivity contribution in [1.82, 2.24) is 15.5 Å². The molecule has 1 atom stereocenters. The van der Waals surface area contributed by atoms with Crippen molar-refractivity contribution in [3.8, 4) is 11.3 Å². The van der Waals surface area contributed by atoms with Crippen molar-refractivity contribution < 1.29 is 14.3 Å². The van der Waals surface area contributed by atoms with Crippen molar-refractivity contribution in [3.05, 3.63) is 41.8 Å². The first-order valence-electron chi connectivity index (χ1n) is 6.87. The number of benzene rings is 1. The Bertz CT molecular complexity index is 595. The summed E-state index contributed by atoms with van der Waals surface area (Å²) in [5.74, 6) is -0.607. The van der Waals surface area contributed by atoms with E-state index in [1.165, 1.54) is 18.3 Å². The average molecular weight is 291 g/mol. The molecule has 0 aliphatic rings. The van der Waals surface area contributed by atoms with Gasteiger partial charge in [-0.3, -0.25) is 9.89 Å². The van der Waals surface area contributed by atoms with Crippen LogP contribution in [-0.4, -0.2) is 33.9 Å². The van der Waals surface area contributed by atoms with Crippen molar-refractivity contribution in [2.45, 2.75) is 25.9 Å². The van der Waals surface area contributed by atoms with Crippen LogP contribution in [-0.2, 0) is 0 Å². The Hall–Kier alpha value is -2.21. The fraction of sp³-hybridized carbons (Fsp3) is 0.333. The van der Waals surface area contributed by atoms with Crippen molar-refractivity contribution in [2.75, 3.05) is 6.54 Å². The Balaban J connectivity index is 2.06. The van der Waals surface area contributed by atoms with Gasteiger partial charge in [-0.2, -0.15) is 5.10 Å². The molecule has 6 heteroatoms. The number of nitrogens with zero attached hydrogens (tertiary/aromatic N) is 1. The number of hydrogen-bond donors (Lipinski definition) is 3. The minimum absolute atomic E-state index is 0.272. The average Bonchev–Trinajstić information content (AvgIpc) is 2.97. The van der Waals surface area contributed by atoms with Crippen molar-refractivity contribution in [3.63, 3.8) is 0 Å². The Morgan fingerprint density at radius 1 is 1.43 bits per heavy atom. The van der Waals surface area contributed by atoms with Crippen LogP contribution < -0.4 is 5.32 Å². The number of amides is 1. The SMILES string of the molecule is CCC(O)CCNC(=O)c1cn[nH]c1-c1ccc(F)cc1. The highest BCUT2D eigenvalue weighted by atomic mass is 19.1. The van der Waals surface area contributed by atoms with Gasteiger partial charge in [-0.1, -0.05) is 6.92 Å². The molecular formula is C15H18FN3O2. The second-order valence-corrected chi connectivity index (χ2v) is 4.77. The molecule has 1 amide bonds. The lowest BCUT2D eigenvalue weighted by Gasteiger charge is -2.09. The van der Waals surface area contributed by atoms with E-state index in [1.54, 1.807) is 12.1 Å². The number of halogens is 1. The highest BCUT2D eigenvalue weighted by Crippen LogP contribution is 2.21. The second kappa shape index (κ2) is 6.99. The zero-order valence-electron chi connectivity index (χ0n) is 11.8. The maximum atomic E-state index is 12.9. The topological polar surface area (TPSA) is 78.0 Å². The van der Waals surface area contributed by atoms with Crippen LogP contribution in [0.2, 0.25) is 0 Å². The maximum absolute atomic E-state index is 12.9. The molecule has 1 aromatic heterocycles. The molecular weight excluding hydrogens is 273 g/mol. The third kappa shape index (κ3) is 3.88. The predicted octanol–water partition coefficient (Wildman–Crippen LogP) is 2.11. The van der Waals surface area contributed by atoms with Crippen LogP contribution in [0.4, 0.5) is 4.39 Å². The van der Waals surface area contributed by atoms with E-state index in [1.807, 2.05) is 6.92 Å². The highest BCUT2D eigenvalue weighted by Gasteiger charge is 2.15. The Kier molecular flexibility index (Phi) is 5.05. The number of aliphatic hydroxyl groups is 1. The molecule has 3 N–H and O–H groups in total. The lowest BCUT2D eigenvalue weighted by atomic mass is 10.1. The van der Waals surface area contributed by atoms with Crippen LogP contribution in [0, 0.1) is 5.82 Å². The summed E-state index contributed by atoms with van der Waals surface area (Å²) in [6, 6.07) is 5.83. The molecule has 1 unspecified atom stereocenters. The third-order valence-corrected chi connectivity index (χ3v) is 3.25. The van der Waals surface area contributed by atoms with Gasteiger partial charge in [0, 0.05) is 12.1 Å². The molecule has 0 aliphatic carbocycles. The number of H-pyrrole nitrogens is 1. The van der Waals surface area contributed by atoms with E-state index in [9.17, 15) is 14.3 Å². The predicted molar refractivity (Wildman–Crippen MR) is 77.2 cm³/mol. The van der Waals surface area contributed by atoms with E-state index in [4.69, 9.17) is 0 Å². The summed E-state index contributed by atoms with van der Waals surface area (Å²) in [4.78, 5) is 12.1. The normalized spacial score (nSPS) is 12.1. The van der Waals surface area contributed by atoms with Gasteiger partial charge in [-0.15, -0.1) is 0 Å². The molecule has 0 fully saturated rings. The Morgan fingerprint density at radius 3 is 2.81 bits per heavy atom. The van der Waals surface area contributed by atoms with Gasteiger partial charge in [-0.05, 0) is 37.1 Å². The lowest BCUT2D eigenvalue weighted by Crippen LogP contribution is -2.27. The number of carbonyl (C=O) groups excluding carboxylic acids is 1. The van der Waals surface area contributed by atoms with E-state index in [0.29, 0.717) is 36.2 Å². The maximum Gasteiger partial charge on any atom is 0.255 e. The summed E-state index contributed by atoms with van der Waals surface area (Å²) in [7, 11) is 0. The fourth-order valence-electron chi connectivity index (χ4n) is 1.95. The Morgan fingerprint density at radius 2 is 2.14 bits per heavy atom. The first kappa shape index (κ1) is 15.2. The van der Waals surface area contributed by atoms with Gasteiger partial charge >= 0.3 is 0 Å². The van der Waals surface area contributed by atoms with Crippen LogP contribution in [0.15, 0.2) is 30.5 Å². The van der Waals surface area contributed by atoms with Crippen LogP contribution in [0.1, 0.15) is 30.1 Å². The molecule has 1 aromatic carbocycles. The van der Waals surface area contributed by atoms with Crippen LogP contribution >= 0.6 is 0 Å². The summed E-state index contributed by atoms with van der Waals surface area (Å²) in [5, 5.41) is 18.8. The molecule has 0 aliphatic heterocycles. The molecule has 0 bridgehead atoms. The molecule has 5 nitrogen and oxygen atoms in total. The summed E-state index contributed by atoms with van der Waals surface area (Å²) < 4.78 is 12.9. The first-order valence-corrected chi connectivity index (χ1v) is 6.87. The van der Waals surface area contributed by atoms with E-state index in [0.717, 1.165) is 0 Å². The van der Waals surface area contributed by atoms with Gasteiger partial charge in [0.1, 0.15) is 5.82 Å². The number of nitrogens with one attached hydrogen (secondary N) is 2. The highest BCUT2D eigenvalue weighted by molar-refractivity contribution is 5.99. The summed E-state index contributed by atoms with van der Waals surface area (Å²) in [5.41, 5.74) is 1.63. The van der Waals surface area contributed by atoms with E-state index >= 15 is 0 Å². The molecule has 0 saturated heterocycles. The van der Waals surface area contributed by atoms with Gasteiger partial charge in [0.25, 0.3) is 5.91 Å². The molecule has 21 heavy (non-hydrogen) atoms. The van der Waals surface area contributed by atoms with E-state index in [-0.39, 0.29) is 11.7 Å². The number of hydrogen-bond acceptors (Lipinski definition) is 3. The zero-order valence-corrected chi connectivity index (χ0v) is 11.8. The Labute approximate surface area is 122 Å². The second-order valence-electron chi connectivity index (χ2n) is 4.77. The molecule has 0 spiro atoms. The molecule has 1 heterocycles. The third-order valence-electron chi connectivity index (χ3n) is 3.25. The molecule has 0 saturated carbocycles. The smallest absolute Gasteiger partial charge is 0.255 e. The van der Waals surface area contributed by atoms with Gasteiger partial charge in [0.2, 0.25) is 0 Å². The largest absolute Gasteiger partial charge is 0.393 e. The van der Waals surface area contributed by atoms with Crippen LogP contribution in [0.3, 0.4) is 0 Å². The monoisotopic (exact) mass is 291 g/mol. The summed E-state index contributed by atoms with van der Waals surface area (Å²) in [6.07, 6.45) is 2.18. The molecule has 112 valence electrons. The summed E-state index contributed by atoms with van der Waals surface area (Å²) in [6.45, 7) is 2.27. The minimum Gasteiger partial charge on any atom is -0.393 e. The number of carbonyl (C=O) groups is 1. The van der Waals surface area contributed by atoms with Gasteiger partial charge < -0.3 is 10.4 Å². The van der Waals surface area contributed by atoms with Gasteiger partial charge in [-0.25, -0.2) is 4.39 Å². The van der Waals surface area contributed by atoms with E-state index in [2.05, 4.69) is 15.5 Å². The number of aromatic amines is 1. The van der Waals surface area contributed by atoms with Crippen molar-refractivity contribution in [2.24, 2.45) is 0 Å². The summed E-state index contributed by atoms with van der Waals surface area (Å²) >= 11 is 0. The van der Waals surface area contributed by atoms with Crippen LogP contribution in [0.25, 0.3) is 11.3 Å². The fourth-order valence-corrected chi connectivity index (χ4v) is 1.95. The van der Waals surface area contributed by atoms with Crippen molar-refractivity contribution >= 4 is 5.91 Å². The number of aromatic nitrogens is 2.